The fourth-order valence-corrected chi connectivity index (χ4v) is 4.27. The van der Waals surface area contributed by atoms with Crippen molar-refractivity contribution in [1.29, 1.82) is 0 Å². The lowest BCUT2D eigenvalue weighted by Crippen LogP contribution is -2.32. The lowest BCUT2D eigenvalue weighted by atomic mass is 10.2. The molecule has 0 unspecified atom stereocenters. The van der Waals surface area contributed by atoms with E-state index in [0.717, 1.165) is 32.0 Å². The quantitative estimate of drug-likeness (QED) is 0.409. The zero-order valence-corrected chi connectivity index (χ0v) is 11.2. The van der Waals surface area contributed by atoms with Crippen LogP contribution in [0.15, 0.2) is 36.8 Å². The molecule has 0 saturated heterocycles. The largest absolute Gasteiger partial charge is 0.301 e. The fraction of sp³-hybridized carbons (Fsp3) is 0.133. The molecule has 20 heavy (non-hydrogen) atoms. The van der Waals surface area contributed by atoms with Crippen LogP contribution in [0, 0.1) is 0 Å². The number of aromatic nitrogens is 4. The Morgan fingerprint density at radius 3 is 3.35 bits per heavy atom. The first-order valence-corrected chi connectivity index (χ1v) is 7.13. The Morgan fingerprint density at radius 1 is 1.40 bits per heavy atom. The number of hydrogen-bond donors (Lipinski definition) is 0. The summed E-state index contributed by atoms with van der Waals surface area (Å²) in [6.45, 7) is -1.65. The molecule has 0 amide bonds. The first-order valence-electron chi connectivity index (χ1n) is 7.81. The maximum Gasteiger partial charge on any atom is 0.301 e. The number of thiazole rings is 1. The van der Waals surface area contributed by atoms with Crippen molar-refractivity contribution >= 4 is 32.6 Å². The van der Waals surface area contributed by atoms with Gasteiger partial charge < -0.3 is 0 Å². The summed E-state index contributed by atoms with van der Waals surface area (Å²) in [6.07, 6.45) is 5.11. The highest BCUT2D eigenvalue weighted by atomic mass is 32.1. The summed E-state index contributed by atoms with van der Waals surface area (Å²) in [4.78, 5) is 8.53. The predicted octanol–water partition coefficient (Wildman–Crippen LogP) is 2.50. The highest BCUT2D eigenvalue weighted by Crippen LogP contribution is 2.38. The van der Waals surface area contributed by atoms with Crippen molar-refractivity contribution in [3.63, 3.8) is 0 Å². The van der Waals surface area contributed by atoms with Gasteiger partial charge in [-0.05, 0) is 18.2 Å². The number of hydrogen-bond acceptors (Lipinski definition) is 3. The normalized spacial score (nSPS) is 15.9. The standard InChI is InChI=1S/C15H11N4S/c1-18-12-7-16-6-4-10(12)13-14(18)19-8-11-9(15(19)20-13)3-2-5-17-11/h2-7H,8H2,1H3/q+1/i1D3. The van der Waals surface area contributed by atoms with Crippen molar-refractivity contribution in [3.05, 3.63) is 42.5 Å². The Labute approximate surface area is 123 Å². The summed E-state index contributed by atoms with van der Waals surface area (Å²) in [5, 5.41) is 2.00. The average Bonchev–Trinajstić information content (AvgIpc) is 3.13. The fourth-order valence-electron chi connectivity index (χ4n) is 2.94. The Bertz CT molecular complexity index is 1090. The molecule has 1 aliphatic rings. The van der Waals surface area contributed by atoms with E-state index in [1.54, 1.807) is 29.9 Å². The molecule has 0 N–H and O–H groups in total. The highest BCUT2D eigenvalue weighted by molar-refractivity contribution is 7.22. The van der Waals surface area contributed by atoms with Gasteiger partial charge in [-0.15, -0.1) is 0 Å². The zero-order chi connectivity index (χ0) is 15.8. The summed E-state index contributed by atoms with van der Waals surface area (Å²) in [7, 11) is 0. The zero-order valence-electron chi connectivity index (χ0n) is 13.4. The van der Waals surface area contributed by atoms with E-state index >= 15 is 0 Å². The topological polar surface area (TPSA) is 34.6 Å². The smallest absolute Gasteiger partial charge is 0.260 e. The molecule has 0 fully saturated rings. The van der Waals surface area contributed by atoms with E-state index in [0.29, 0.717) is 12.1 Å². The number of pyridine rings is 2. The molecule has 0 radical (unpaired) electrons. The molecule has 4 aromatic heterocycles. The van der Waals surface area contributed by atoms with Crippen molar-refractivity contribution in [2.45, 2.75) is 6.54 Å². The van der Waals surface area contributed by atoms with Crippen LogP contribution in [0.25, 0.3) is 31.8 Å². The van der Waals surface area contributed by atoms with Crippen LogP contribution in [0.1, 0.15) is 9.81 Å². The van der Waals surface area contributed by atoms with E-state index < -0.39 is 6.98 Å². The van der Waals surface area contributed by atoms with Gasteiger partial charge in [0.15, 0.2) is 10.5 Å². The van der Waals surface area contributed by atoms with Crippen LogP contribution in [0.3, 0.4) is 0 Å². The number of fused-ring (bicyclic) bond motifs is 7. The third kappa shape index (κ3) is 1.10. The van der Waals surface area contributed by atoms with Crippen LogP contribution in [-0.2, 0) is 13.5 Å². The maximum atomic E-state index is 7.96. The number of nitrogens with zero attached hydrogens (tertiary/aromatic N) is 4. The van der Waals surface area contributed by atoms with Crippen LogP contribution < -0.4 is 4.57 Å². The lowest BCUT2D eigenvalue weighted by molar-refractivity contribution is -0.645. The second-order valence-corrected chi connectivity index (χ2v) is 5.87. The Hall–Kier alpha value is -2.27. The number of aryl methyl sites for hydroxylation is 1. The van der Waals surface area contributed by atoms with Gasteiger partial charge in [-0.1, -0.05) is 11.3 Å². The van der Waals surface area contributed by atoms with Gasteiger partial charge in [-0.25, -0.2) is 9.13 Å². The maximum absolute atomic E-state index is 7.96. The molecular formula is C15H11N4S+. The van der Waals surface area contributed by atoms with E-state index in [4.69, 9.17) is 4.11 Å². The van der Waals surface area contributed by atoms with Gasteiger partial charge in [-0.3, -0.25) is 9.97 Å². The average molecular weight is 282 g/mol. The highest BCUT2D eigenvalue weighted by Gasteiger charge is 2.32. The van der Waals surface area contributed by atoms with Gasteiger partial charge in [0.05, 0.1) is 33.9 Å². The lowest BCUT2D eigenvalue weighted by Gasteiger charge is -1.92. The minimum atomic E-state index is -2.26. The van der Waals surface area contributed by atoms with Crippen LogP contribution in [-0.4, -0.2) is 14.5 Å². The van der Waals surface area contributed by atoms with Gasteiger partial charge in [0.2, 0.25) is 0 Å². The Kier molecular flexibility index (Phi) is 1.39. The molecule has 0 aliphatic carbocycles. The molecule has 0 atom stereocenters. The van der Waals surface area contributed by atoms with Crippen molar-refractivity contribution in [2.75, 3.05) is 0 Å². The van der Waals surface area contributed by atoms with Crippen LogP contribution in [0.2, 0.25) is 0 Å². The molecule has 4 aromatic rings. The van der Waals surface area contributed by atoms with Crippen LogP contribution in [0.5, 0.6) is 0 Å². The molecular weight excluding hydrogens is 268 g/mol. The van der Waals surface area contributed by atoms with Crippen LogP contribution in [0.4, 0.5) is 0 Å². The summed E-state index contributed by atoms with van der Waals surface area (Å²) in [5.41, 5.74) is 3.45. The van der Waals surface area contributed by atoms with Gasteiger partial charge in [-0.2, -0.15) is 0 Å². The second kappa shape index (κ2) is 3.43. The summed E-state index contributed by atoms with van der Waals surface area (Å²) >= 11 is 1.62. The monoisotopic (exact) mass is 282 g/mol. The van der Waals surface area contributed by atoms with Gasteiger partial charge in [0.25, 0.3) is 0 Å². The molecule has 5 heterocycles. The molecule has 5 rings (SSSR count). The summed E-state index contributed by atoms with van der Waals surface area (Å²) in [5.74, 6) is 0. The molecule has 4 nitrogen and oxygen atoms in total. The third-order valence-corrected chi connectivity index (χ3v) is 5.07. The molecule has 96 valence electrons. The van der Waals surface area contributed by atoms with Crippen molar-refractivity contribution in [1.82, 2.24) is 14.5 Å². The minimum Gasteiger partial charge on any atom is -0.260 e. The predicted molar refractivity (Wildman–Crippen MR) is 78.6 cm³/mol. The van der Waals surface area contributed by atoms with Crippen molar-refractivity contribution in [2.24, 2.45) is 6.98 Å². The molecule has 1 aliphatic heterocycles. The van der Waals surface area contributed by atoms with Crippen molar-refractivity contribution < 1.29 is 8.68 Å². The Balaban J connectivity index is 1.97. The first-order chi connectivity index (χ1) is 11.1. The summed E-state index contributed by atoms with van der Waals surface area (Å²) in [6, 6.07) is 5.84. The number of rotatable bonds is 0. The Morgan fingerprint density at radius 2 is 2.40 bits per heavy atom. The molecule has 0 saturated carbocycles. The van der Waals surface area contributed by atoms with Gasteiger partial charge in [0.1, 0.15) is 11.2 Å². The molecule has 0 bridgehead atoms. The SMILES string of the molecule is [2H]C([2H])([2H])n1c2cnccc2c2sc3[n+](c21)Cc1ncccc1-3. The van der Waals surface area contributed by atoms with Crippen molar-refractivity contribution in [3.8, 4) is 10.6 Å². The minimum absolute atomic E-state index is 0.603. The van der Waals surface area contributed by atoms with E-state index in [2.05, 4.69) is 14.5 Å². The van der Waals surface area contributed by atoms with Gasteiger partial charge in [0, 0.05) is 12.4 Å². The van der Waals surface area contributed by atoms with E-state index in [1.807, 2.05) is 18.2 Å². The third-order valence-electron chi connectivity index (χ3n) is 3.83. The molecule has 0 spiro atoms. The van der Waals surface area contributed by atoms with E-state index in [1.165, 1.54) is 4.57 Å². The second-order valence-electron chi connectivity index (χ2n) is 4.87. The molecule has 0 aromatic carbocycles. The summed E-state index contributed by atoms with van der Waals surface area (Å²) < 4.78 is 28.4. The van der Waals surface area contributed by atoms with E-state index in [9.17, 15) is 0 Å². The van der Waals surface area contributed by atoms with Gasteiger partial charge >= 0.3 is 5.65 Å². The molecule has 5 heteroatoms. The van der Waals surface area contributed by atoms with Crippen LogP contribution >= 0.6 is 11.3 Å². The van der Waals surface area contributed by atoms with E-state index in [-0.39, 0.29) is 0 Å². The first kappa shape index (κ1) is 8.11.